The van der Waals surface area contributed by atoms with Gasteiger partial charge >= 0.3 is 0 Å². The second-order valence-corrected chi connectivity index (χ2v) is 7.48. The van der Waals surface area contributed by atoms with Gasteiger partial charge in [-0.25, -0.2) is 0 Å². The molecule has 2 N–H and O–H groups in total. The van der Waals surface area contributed by atoms with E-state index >= 15 is 0 Å². The molecule has 26 heavy (non-hydrogen) atoms. The summed E-state index contributed by atoms with van der Waals surface area (Å²) in [4.78, 5) is 39.5. The van der Waals surface area contributed by atoms with Crippen LogP contribution in [0.1, 0.15) is 27.3 Å². The summed E-state index contributed by atoms with van der Waals surface area (Å²) in [6.45, 7) is 0.305. The fourth-order valence-corrected chi connectivity index (χ4v) is 3.90. The maximum absolute atomic E-state index is 12.9. The molecule has 0 unspecified atom stereocenters. The number of nitrogens with zero attached hydrogens (tertiary/aromatic N) is 2. The number of aromatic nitrogens is 1. The molecule has 1 saturated heterocycles. The van der Waals surface area contributed by atoms with Gasteiger partial charge in [-0.1, -0.05) is 15.9 Å². The summed E-state index contributed by atoms with van der Waals surface area (Å²) in [6, 6.07) is 7.86. The molecule has 8 heteroatoms. The molecule has 1 aromatic heterocycles. The van der Waals surface area contributed by atoms with E-state index in [2.05, 4.69) is 26.6 Å². The number of benzene rings is 1. The van der Waals surface area contributed by atoms with Crippen molar-refractivity contribution < 1.29 is 14.4 Å². The van der Waals surface area contributed by atoms with Crippen molar-refractivity contribution in [1.29, 1.82) is 0 Å². The largest absolute Gasteiger partial charge is 0.347 e. The zero-order valence-electron chi connectivity index (χ0n) is 14.0. The molecular formula is C18H17BrN4O3. The number of carbonyl (C=O) groups excluding carboxylic acids is 3. The van der Waals surface area contributed by atoms with Crippen molar-refractivity contribution in [3.8, 4) is 0 Å². The zero-order valence-corrected chi connectivity index (χ0v) is 15.6. The normalized spacial score (nSPS) is 21.7. The molecule has 0 spiro atoms. The lowest BCUT2D eigenvalue weighted by atomic mass is 10.1. The van der Waals surface area contributed by atoms with Gasteiger partial charge in [-0.05, 0) is 36.8 Å². The van der Waals surface area contributed by atoms with E-state index in [1.54, 1.807) is 53.0 Å². The minimum Gasteiger partial charge on any atom is -0.347 e. The van der Waals surface area contributed by atoms with E-state index in [0.29, 0.717) is 29.9 Å². The molecule has 0 aliphatic carbocycles. The first-order chi connectivity index (χ1) is 12.4. The molecule has 2 aliphatic heterocycles. The number of aryl methyl sites for hydroxylation is 1. The number of hydrogen-bond donors (Lipinski definition) is 2. The topological polar surface area (TPSA) is 83.4 Å². The van der Waals surface area contributed by atoms with E-state index in [1.165, 1.54) is 0 Å². The van der Waals surface area contributed by atoms with Crippen molar-refractivity contribution >= 4 is 39.3 Å². The number of hydrogen-bond acceptors (Lipinski definition) is 3. The second-order valence-electron chi connectivity index (χ2n) is 6.56. The Balaban J connectivity index is 1.56. The van der Waals surface area contributed by atoms with Crippen LogP contribution in [0.25, 0.3) is 0 Å². The summed E-state index contributed by atoms with van der Waals surface area (Å²) in [7, 11) is 1.79. The van der Waals surface area contributed by atoms with Crippen LogP contribution < -0.4 is 10.6 Å². The molecule has 1 aromatic carbocycles. The molecule has 4 rings (SSSR count). The van der Waals surface area contributed by atoms with E-state index in [1.807, 2.05) is 0 Å². The van der Waals surface area contributed by atoms with Crippen molar-refractivity contribution in [2.24, 2.45) is 7.05 Å². The van der Waals surface area contributed by atoms with Gasteiger partial charge in [0.2, 0.25) is 5.91 Å². The van der Waals surface area contributed by atoms with Gasteiger partial charge < -0.3 is 20.1 Å². The van der Waals surface area contributed by atoms with Crippen LogP contribution in [-0.2, 0) is 11.8 Å². The van der Waals surface area contributed by atoms with Crippen LogP contribution in [0.3, 0.4) is 0 Å². The molecule has 1 fully saturated rings. The fraction of sp³-hybridized carbons (Fsp3) is 0.278. The average molecular weight is 417 g/mol. The first kappa shape index (κ1) is 16.8. The number of carbonyl (C=O) groups is 3. The number of amides is 3. The van der Waals surface area contributed by atoms with Crippen molar-refractivity contribution in [3.63, 3.8) is 0 Å². The summed E-state index contributed by atoms with van der Waals surface area (Å²) in [6.07, 6.45) is 2.19. The maximum atomic E-state index is 12.9. The fourth-order valence-electron chi connectivity index (χ4n) is 3.54. The summed E-state index contributed by atoms with van der Waals surface area (Å²) < 4.78 is 2.50. The van der Waals surface area contributed by atoms with Crippen LogP contribution in [0, 0.1) is 0 Å². The van der Waals surface area contributed by atoms with Crippen molar-refractivity contribution in [3.05, 3.63) is 52.3 Å². The smallest absolute Gasteiger partial charge is 0.268 e. The van der Waals surface area contributed by atoms with Crippen LogP contribution >= 0.6 is 15.9 Å². The Morgan fingerprint density at radius 3 is 2.85 bits per heavy atom. The molecule has 3 heterocycles. The molecular weight excluding hydrogens is 400 g/mol. The minimum absolute atomic E-state index is 0.208. The van der Waals surface area contributed by atoms with Crippen LogP contribution in [0.4, 0.5) is 5.69 Å². The van der Waals surface area contributed by atoms with Gasteiger partial charge in [0.25, 0.3) is 11.8 Å². The highest BCUT2D eigenvalue weighted by Gasteiger charge is 2.43. The molecule has 3 amide bonds. The van der Waals surface area contributed by atoms with Gasteiger partial charge in [0, 0.05) is 30.3 Å². The summed E-state index contributed by atoms with van der Waals surface area (Å²) in [5, 5.41) is 5.76. The Kier molecular flexibility index (Phi) is 4.07. The maximum Gasteiger partial charge on any atom is 0.268 e. The van der Waals surface area contributed by atoms with E-state index in [9.17, 15) is 14.4 Å². The van der Waals surface area contributed by atoms with Crippen molar-refractivity contribution in [2.75, 3.05) is 11.9 Å². The predicted octanol–water partition coefficient (Wildman–Crippen LogP) is 1.75. The van der Waals surface area contributed by atoms with Gasteiger partial charge in [0.1, 0.15) is 11.7 Å². The van der Waals surface area contributed by atoms with Gasteiger partial charge in [-0.3, -0.25) is 14.4 Å². The quantitative estimate of drug-likeness (QED) is 0.781. The highest BCUT2D eigenvalue weighted by molar-refractivity contribution is 9.10. The van der Waals surface area contributed by atoms with Gasteiger partial charge in [-0.2, -0.15) is 0 Å². The number of halogens is 1. The van der Waals surface area contributed by atoms with E-state index in [4.69, 9.17) is 0 Å². The lowest BCUT2D eigenvalue weighted by Gasteiger charge is -2.20. The lowest BCUT2D eigenvalue weighted by molar-refractivity contribution is -0.119. The molecule has 2 aliphatic rings. The van der Waals surface area contributed by atoms with Crippen molar-refractivity contribution in [2.45, 2.75) is 18.5 Å². The van der Waals surface area contributed by atoms with Crippen LogP contribution in [0.15, 0.2) is 41.0 Å². The van der Waals surface area contributed by atoms with Gasteiger partial charge in [0.05, 0.1) is 11.3 Å². The van der Waals surface area contributed by atoms with Crippen LogP contribution in [0.2, 0.25) is 0 Å². The molecule has 2 atom stereocenters. The SMILES string of the molecule is Cn1cccc1C(=O)N[C@H]1C[C@H]2C(=O)Nc3ccc(Br)cc3C(=O)N2C1. The number of nitrogens with one attached hydrogen (secondary N) is 2. The predicted molar refractivity (Wildman–Crippen MR) is 98.9 cm³/mol. The Bertz CT molecular complexity index is 923. The summed E-state index contributed by atoms with van der Waals surface area (Å²) >= 11 is 3.36. The third-order valence-electron chi connectivity index (χ3n) is 4.85. The van der Waals surface area contributed by atoms with Crippen molar-refractivity contribution in [1.82, 2.24) is 14.8 Å². The van der Waals surface area contributed by atoms with Gasteiger partial charge in [-0.15, -0.1) is 0 Å². The van der Waals surface area contributed by atoms with E-state index in [0.717, 1.165) is 4.47 Å². The molecule has 7 nitrogen and oxygen atoms in total. The number of rotatable bonds is 2. The molecule has 2 aromatic rings. The summed E-state index contributed by atoms with van der Waals surface area (Å²) in [5.41, 5.74) is 1.50. The first-order valence-corrected chi connectivity index (χ1v) is 9.07. The van der Waals surface area contributed by atoms with Crippen LogP contribution in [-0.4, -0.2) is 45.8 Å². The Labute approximate surface area is 158 Å². The van der Waals surface area contributed by atoms with E-state index in [-0.39, 0.29) is 23.8 Å². The third kappa shape index (κ3) is 2.80. The minimum atomic E-state index is -0.590. The third-order valence-corrected chi connectivity index (χ3v) is 5.34. The lowest BCUT2D eigenvalue weighted by Crippen LogP contribution is -2.41. The monoisotopic (exact) mass is 416 g/mol. The highest BCUT2D eigenvalue weighted by Crippen LogP contribution is 2.30. The molecule has 0 radical (unpaired) electrons. The highest BCUT2D eigenvalue weighted by atomic mass is 79.9. The number of fused-ring (bicyclic) bond motifs is 2. The van der Waals surface area contributed by atoms with E-state index < -0.39 is 6.04 Å². The average Bonchev–Trinajstić information content (AvgIpc) is 3.20. The number of anilines is 1. The molecule has 0 bridgehead atoms. The van der Waals surface area contributed by atoms with Crippen LogP contribution in [0.5, 0.6) is 0 Å². The molecule has 134 valence electrons. The van der Waals surface area contributed by atoms with Gasteiger partial charge in [0.15, 0.2) is 0 Å². The Hall–Kier alpha value is -2.61. The standard InChI is InChI=1S/C18H17BrN4O3/c1-22-6-2-3-14(22)16(24)20-11-8-15-17(25)21-13-5-4-10(19)7-12(13)18(26)23(15)9-11/h2-7,11,15H,8-9H2,1H3,(H,20,24)(H,21,25)/t11-,15-/m0/s1. The first-order valence-electron chi connectivity index (χ1n) is 8.27. The molecule has 0 saturated carbocycles. The summed E-state index contributed by atoms with van der Waals surface area (Å²) in [5.74, 6) is -0.647. The second kappa shape index (κ2) is 6.28. The Morgan fingerprint density at radius 2 is 2.12 bits per heavy atom. The Morgan fingerprint density at radius 1 is 1.31 bits per heavy atom. The zero-order chi connectivity index (χ0) is 18.4.